The topological polar surface area (TPSA) is 71.1 Å². The molecule has 0 spiro atoms. The van der Waals surface area contributed by atoms with Crippen molar-refractivity contribution in [1.82, 2.24) is 0 Å². The Labute approximate surface area is 173 Å². The first-order valence-electron chi connectivity index (χ1n) is 10.1. The van der Waals surface area contributed by atoms with E-state index in [0.29, 0.717) is 19.6 Å². The Morgan fingerprint density at radius 3 is 1.86 bits per heavy atom. The van der Waals surface area contributed by atoms with Crippen molar-refractivity contribution in [3.8, 4) is 0 Å². The van der Waals surface area contributed by atoms with Gasteiger partial charge in [-0.25, -0.2) is 0 Å². The molecule has 0 aromatic heterocycles. The fourth-order valence-electron chi connectivity index (χ4n) is 3.46. The summed E-state index contributed by atoms with van der Waals surface area (Å²) in [6.07, 6.45) is 11.2. The lowest BCUT2D eigenvalue weighted by Crippen LogP contribution is -2.53. The predicted octanol–water partition coefficient (Wildman–Crippen LogP) is 4.46. The molecule has 0 unspecified atom stereocenters. The van der Waals surface area contributed by atoms with Gasteiger partial charge in [-0.05, 0) is 46.5 Å². The Bertz CT molecular complexity index is 655. The summed E-state index contributed by atoms with van der Waals surface area (Å²) in [4.78, 5) is 25.5. The Morgan fingerprint density at radius 2 is 1.34 bits per heavy atom. The van der Waals surface area contributed by atoms with Crippen molar-refractivity contribution in [2.24, 2.45) is 10.8 Å². The van der Waals surface area contributed by atoms with Crippen molar-refractivity contribution < 1.29 is 28.5 Å². The van der Waals surface area contributed by atoms with Gasteiger partial charge in [0.1, 0.15) is 0 Å². The van der Waals surface area contributed by atoms with Gasteiger partial charge < -0.3 is 18.9 Å². The quantitative estimate of drug-likeness (QED) is 0.337. The molecule has 6 nitrogen and oxygen atoms in total. The molecule has 0 atom stereocenters. The third-order valence-electron chi connectivity index (χ3n) is 5.37. The van der Waals surface area contributed by atoms with Gasteiger partial charge in [0.15, 0.2) is 11.2 Å². The van der Waals surface area contributed by atoms with Crippen LogP contribution in [-0.4, -0.2) is 36.7 Å². The lowest BCUT2D eigenvalue weighted by atomic mass is 9.78. The van der Waals surface area contributed by atoms with Crippen LogP contribution >= 0.6 is 0 Å². The van der Waals surface area contributed by atoms with Crippen LogP contribution in [-0.2, 0) is 28.5 Å². The zero-order valence-corrected chi connectivity index (χ0v) is 18.3. The fourth-order valence-corrected chi connectivity index (χ4v) is 3.46. The minimum Gasteiger partial charge on any atom is -0.422 e. The highest BCUT2D eigenvalue weighted by Crippen LogP contribution is 2.40. The van der Waals surface area contributed by atoms with Gasteiger partial charge in [0.25, 0.3) is 5.79 Å². The van der Waals surface area contributed by atoms with Crippen LogP contribution in [0.5, 0.6) is 0 Å². The number of esters is 2. The van der Waals surface area contributed by atoms with Crippen LogP contribution in [0.4, 0.5) is 0 Å². The Hall–Kier alpha value is -1.92. The average molecular weight is 407 g/mol. The number of carbonyl (C=O) groups excluding carboxylic acids is 2. The summed E-state index contributed by atoms with van der Waals surface area (Å²) in [7, 11) is 0. The number of carbonyl (C=O) groups is 2. The monoisotopic (exact) mass is 406 g/mol. The lowest BCUT2D eigenvalue weighted by molar-refractivity contribution is -0.284. The number of hydrogen-bond donors (Lipinski definition) is 0. The normalized spacial score (nSPS) is 25.0. The minimum atomic E-state index is -1.36. The molecule has 2 heterocycles. The highest BCUT2D eigenvalue weighted by Gasteiger charge is 2.54. The van der Waals surface area contributed by atoms with Crippen LogP contribution < -0.4 is 0 Å². The Kier molecular flexibility index (Phi) is 7.12. The molecule has 2 aliphatic heterocycles. The maximum Gasteiger partial charge on any atom is 0.327 e. The van der Waals surface area contributed by atoms with Gasteiger partial charge in [0, 0.05) is 19.3 Å². The largest absolute Gasteiger partial charge is 0.422 e. The minimum absolute atomic E-state index is 0.209. The van der Waals surface area contributed by atoms with E-state index in [4.69, 9.17) is 18.9 Å². The van der Waals surface area contributed by atoms with Gasteiger partial charge >= 0.3 is 11.9 Å². The molecule has 29 heavy (non-hydrogen) atoms. The van der Waals surface area contributed by atoms with Gasteiger partial charge in [0.05, 0.1) is 13.2 Å². The van der Waals surface area contributed by atoms with E-state index in [-0.39, 0.29) is 18.3 Å². The molecular formula is C23H34O6. The first-order valence-corrected chi connectivity index (χ1v) is 10.1. The first kappa shape index (κ1) is 23.4. The summed E-state index contributed by atoms with van der Waals surface area (Å²) >= 11 is 0. The molecule has 0 aromatic carbocycles. The van der Waals surface area contributed by atoms with Crippen molar-refractivity contribution in [1.29, 1.82) is 0 Å². The second-order valence-corrected chi connectivity index (χ2v) is 8.88. The second-order valence-electron chi connectivity index (χ2n) is 8.88. The fraction of sp³-hybridized carbons (Fsp3) is 0.652. The predicted molar refractivity (Wildman–Crippen MR) is 110 cm³/mol. The summed E-state index contributed by atoms with van der Waals surface area (Å²) in [5, 5.41) is 0. The van der Waals surface area contributed by atoms with Gasteiger partial charge in [-0.3, -0.25) is 9.59 Å². The van der Waals surface area contributed by atoms with Gasteiger partial charge in [-0.1, -0.05) is 30.4 Å². The van der Waals surface area contributed by atoms with Crippen LogP contribution in [0.3, 0.4) is 0 Å². The van der Waals surface area contributed by atoms with E-state index < -0.39 is 28.9 Å². The Morgan fingerprint density at radius 1 is 0.828 bits per heavy atom. The molecule has 2 fully saturated rings. The molecule has 0 saturated carbocycles. The van der Waals surface area contributed by atoms with E-state index in [2.05, 4.69) is 6.58 Å². The molecule has 0 aromatic rings. The van der Waals surface area contributed by atoms with Crippen molar-refractivity contribution in [2.45, 2.75) is 71.9 Å². The van der Waals surface area contributed by atoms with Gasteiger partial charge in [0.2, 0.25) is 0 Å². The highest BCUT2D eigenvalue weighted by molar-refractivity contribution is 6.02. The lowest BCUT2D eigenvalue weighted by Gasteiger charge is -2.43. The molecular weight excluding hydrogens is 372 g/mol. The Balaban J connectivity index is 2.12. The third-order valence-corrected chi connectivity index (χ3v) is 5.37. The van der Waals surface area contributed by atoms with Crippen LogP contribution in [0.1, 0.15) is 60.3 Å². The van der Waals surface area contributed by atoms with E-state index in [0.717, 1.165) is 6.42 Å². The van der Waals surface area contributed by atoms with Crippen LogP contribution in [0, 0.1) is 10.8 Å². The molecule has 0 aliphatic carbocycles. The maximum atomic E-state index is 12.7. The van der Waals surface area contributed by atoms with Crippen molar-refractivity contribution in [3.63, 3.8) is 0 Å². The highest BCUT2D eigenvalue weighted by atomic mass is 16.7. The van der Waals surface area contributed by atoms with E-state index in [1.807, 2.05) is 45.1 Å². The van der Waals surface area contributed by atoms with E-state index in [1.54, 1.807) is 19.9 Å². The summed E-state index contributed by atoms with van der Waals surface area (Å²) in [6, 6.07) is 0. The molecule has 0 bridgehead atoms. The molecule has 0 N–H and O–H groups in total. The SMILES string of the molecule is C=CCC1(C/C=C/CC2(C/C=C/C)C(=O)OC(C)(C)OC2=O)COC(C)(C)OC1. The standard InChI is InChI=1S/C23H34O6/c1-7-9-14-23(18(24)28-21(5,6)29-19(23)25)15-11-10-13-22(12-8-2)16-26-20(3,4)27-17-22/h7-11H,2,12-17H2,1,3-6H3/b9-7+,11-10+. The number of hydrogen-bond acceptors (Lipinski definition) is 6. The van der Waals surface area contributed by atoms with Gasteiger partial charge in [-0.15, -0.1) is 6.58 Å². The molecule has 2 saturated heterocycles. The van der Waals surface area contributed by atoms with E-state index in [9.17, 15) is 9.59 Å². The molecule has 6 heteroatoms. The first-order chi connectivity index (χ1) is 13.5. The summed E-state index contributed by atoms with van der Waals surface area (Å²) in [5.74, 6) is -2.93. The summed E-state index contributed by atoms with van der Waals surface area (Å²) < 4.78 is 22.5. The molecule has 162 valence electrons. The summed E-state index contributed by atoms with van der Waals surface area (Å²) in [5.41, 5.74) is -1.56. The number of allylic oxidation sites excluding steroid dienone is 5. The van der Waals surface area contributed by atoms with Crippen molar-refractivity contribution >= 4 is 11.9 Å². The third kappa shape index (κ3) is 5.58. The van der Waals surface area contributed by atoms with Crippen LogP contribution in [0.2, 0.25) is 0 Å². The van der Waals surface area contributed by atoms with Crippen LogP contribution in [0.25, 0.3) is 0 Å². The zero-order valence-electron chi connectivity index (χ0n) is 18.3. The second kappa shape index (κ2) is 8.84. The average Bonchev–Trinajstić information content (AvgIpc) is 2.62. The van der Waals surface area contributed by atoms with Gasteiger partial charge in [-0.2, -0.15) is 0 Å². The maximum absolute atomic E-state index is 12.7. The van der Waals surface area contributed by atoms with Crippen LogP contribution in [0.15, 0.2) is 37.0 Å². The zero-order chi connectivity index (χ0) is 21.8. The smallest absolute Gasteiger partial charge is 0.327 e. The van der Waals surface area contributed by atoms with E-state index in [1.165, 1.54) is 0 Å². The molecule has 2 rings (SSSR count). The number of rotatable bonds is 8. The van der Waals surface area contributed by atoms with E-state index >= 15 is 0 Å². The van der Waals surface area contributed by atoms with Crippen molar-refractivity contribution in [3.05, 3.63) is 37.0 Å². The number of ether oxygens (including phenoxy) is 4. The number of cyclic esters (lactones) is 2. The van der Waals surface area contributed by atoms with Crippen molar-refractivity contribution in [2.75, 3.05) is 13.2 Å². The molecule has 0 amide bonds. The molecule has 2 aliphatic rings. The summed E-state index contributed by atoms with van der Waals surface area (Å²) in [6.45, 7) is 13.7. The molecule has 0 radical (unpaired) electrons.